The van der Waals surface area contributed by atoms with E-state index < -0.39 is 0 Å². The average Bonchev–Trinajstić information content (AvgIpc) is 2.92. The summed E-state index contributed by atoms with van der Waals surface area (Å²) in [4.78, 5) is 10.5. The Balaban J connectivity index is 0.00000144. The van der Waals surface area contributed by atoms with Crippen molar-refractivity contribution in [3.05, 3.63) is 65.6 Å². The summed E-state index contributed by atoms with van der Waals surface area (Å²) in [5.41, 5.74) is 5.36. The van der Waals surface area contributed by atoms with Crippen molar-refractivity contribution >= 4 is 23.3 Å². The van der Waals surface area contributed by atoms with Crippen molar-refractivity contribution in [2.45, 2.75) is 19.4 Å². The molecule has 0 atom stereocenters. The van der Waals surface area contributed by atoms with E-state index in [1.807, 2.05) is 12.3 Å². The topological polar surface area (TPSA) is 31.9 Å². The maximum Gasteiger partial charge on any atom is 0.0459 e. The molecule has 0 unspecified atom stereocenters. The van der Waals surface area contributed by atoms with Crippen LogP contribution in [0.4, 0.5) is 0 Å². The Bertz CT molecular complexity index is 751. The van der Waals surface area contributed by atoms with Crippen LogP contribution in [0.15, 0.2) is 48.7 Å². The molecular formula is C18H20ClN3. The van der Waals surface area contributed by atoms with Crippen molar-refractivity contribution in [2.24, 2.45) is 0 Å². The summed E-state index contributed by atoms with van der Waals surface area (Å²) in [6.45, 7) is 3.26. The smallest absolute Gasteiger partial charge is 0.0459 e. The zero-order chi connectivity index (χ0) is 14.1. The van der Waals surface area contributed by atoms with Crippen molar-refractivity contribution in [1.82, 2.24) is 14.9 Å². The molecule has 3 nitrogen and oxygen atoms in total. The summed E-state index contributed by atoms with van der Waals surface area (Å²) in [5, 5.41) is 1.38. The summed E-state index contributed by atoms with van der Waals surface area (Å²) < 4.78 is 0. The van der Waals surface area contributed by atoms with Gasteiger partial charge in [-0.05, 0) is 23.8 Å². The van der Waals surface area contributed by atoms with Crippen molar-refractivity contribution in [1.29, 1.82) is 0 Å². The van der Waals surface area contributed by atoms with Gasteiger partial charge in [0, 0.05) is 61.0 Å². The fourth-order valence-electron chi connectivity index (χ4n) is 3.23. The van der Waals surface area contributed by atoms with Crippen LogP contribution in [0.5, 0.6) is 0 Å². The molecular weight excluding hydrogens is 294 g/mol. The number of benzene rings is 1. The molecule has 0 spiro atoms. The number of aromatic amines is 1. The molecule has 0 bridgehead atoms. The van der Waals surface area contributed by atoms with Gasteiger partial charge in [-0.3, -0.25) is 9.88 Å². The van der Waals surface area contributed by atoms with Gasteiger partial charge in [0.2, 0.25) is 0 Å². The van der Waals surface area contributed by atoms with Crippen LogP contribution in [0.1, 0.15) is 17.0 Å². The molecule has 22 heavy (non-hydrogen) atoms. The highest BCUT2D eigenvalue weighted by Crippen LogP contribution is 2.27. The van der Waals surface area contributed by atoms with Crippen LogP contribution < -0.4 is 0 Å². The van der Waals surface area contributed by atoms with Gasteiger partial charge in [-0.15, -0.1) is 12.4 Å². The Morgan fingerprint density at radius 3 is 2.82 bits per heavy atom. The maximum absolute atomic E-state index is 4.41. The Kier molecular flexibility index (Phi) is 4.46. The largest absolute Gasteiger partial charge is 0.358 e. The Hall–Kier alpha value is -1.84. The molecule has 4 rings (SSSR count). The zero-order valence-electron chi connectivity index (χ0n) is 12.5. The minimum atomic E-state index is 0. The van der Waals surface area contributed by atoms with Gasteiger partial charge in [0.25, 0.3) is 0 Å². The van der Waals surface area contributed by atoms with Gasteiger partial charge in [-0.2, -0.15) is 0 Å². The first kappa shape index (κ1) is 15.1. The molecule has 0 aliphatic carbocycles. The number of fused-ring (bicyclic) bond motifs is 3. The minimum Gasteiger partial charge on any atom is -0.358 e. The number of aromatic nitrogens is 2. The fourth-order valence-corrected chi connectivity index (χ4v) is 3.23. The molecule has 1 aliphatic heterocycles. The Morgan fingerprint density at radius 2 is 1.95 bits per heavy atom. The summed E-state index contributed by atoms with van der Waals surface area (Å²) in [6.07, 6.45) is 4.02. The van der Waals surface area contributed by atoms with Gasteiger partial charge in [-0.1, -0.05) is 24.3 Å². The third-order valence-corrected chi connectivity index (χ3v) is 4.37. The number of pyridine rings is 1. The first-order valence-electron chi connectivity index (χ1n) is 7.61. The second kappa shape index (κ2) is 6.51. The second-order valence-corrected chi connectivity index (χ2v) is 5.72. The van der Waals surface area contributed by atoms with E-state index in [4.69, 9.17) is 0 Å². The van der Waals surface area contributed by atoms with E-state index in [1.165, 1.54) is 27.9 Å². The molecule has 0 fully saturated rings. The minimum absolute atomic E-state index is 0. The molecule has 114 valence electrons. The van der Waals surface area contributed by atoms with Crippen LogP contribution >= 0.6 is 12.4 Å². The standard InChI is InChI=1S/C18H19N3.ClH/c1-2-7-17-15(6-1)16-13-21(12-9-18(16)20-17)11-8-14-5-3-4-10-19-14;/h1-7,10,20H,8-9,11-13H2;1H. The van der Waals surface area contributed by atoms with E-state index >= 15 is 0 Å². The van der Waals surface area contributed by atoms with E-state index in [0.29, 0.717) is 0 Å². The first-order chi connectivity index (χ1) is 10.4. The fraction of sp³-hybridized carbons (Fsp3) is 0.278. The van der Waals surface area contributed by atoms with Crippen LogP contribution in [0.25, 0.3) is 10.9 Å². The lowest BCUT2D eigenvalue weighted by molar-refractivity contribution is 0.257. The van der Waals surface area contributed by atoms with Gasteiger partial charge in [0.1, 0.15) is 0 Å². The lowest BCUT2D eigenvalue weighted by Crippen LogP contribution is -2.32. The van der Waals surface area contributed by atoms with Crippen molar-refractivity contribution in [3.63, 3.8) is 0 Å². The quantitative estimate of drug-likeness (QED) is 0.801. The van der Waals surface area contributed by atoms with Gasteiger partial charge >= 0.3 is 0 Å². The van der Waals surface area contributed by atoms with E-state index in [2.05, 4.69) is 51.3 Å². The SMILES string of the molecule is Cl.c1ccc(CCN2CCc3[nH]c4ccccc4c3C2)nc1. The first-order valence-corrected chi connectivity index (χ1v) is 7.61. The molecule has 4 heteroatoms. The molecule has 1 N–H and O–H groups in total. The normalized spacial score (nSPS) is 14.5. The summed E-state index contributed by atoms with van der Waals surface area (Å²) in [5.74, 6) is 0. The highest BCUT2D eigenvalue weighted by atomic mass is 35.5. The summed E-state index contributed by atoms with van der Waals surface area (Å²) >= 11 is 0. The highest BCUT2D eigenvalue weighted by molar-refractivity contribution is 5.85. The average molecular weight is 314 g/mol. The third-order valence-electron chi connectivity index (χ3n) is 4.37. The van der Waals surface area contributed by atoms with E-state index in [-0.39, 0.29) is 12.4 Å². The van der Waals surface area contributed by atoms with Crippen LogP contribution in [-0.2, 0) is 19.4 Å². The van der Waals surface area contributed by atoms with Gasteiger partial charge in [-0.25, -0.2) is 0 Å². The van der Waals surface area contributed by atoms with Gasteiger partial charge in [0.15, 0.2) is 0 Å². The predicted octanol–water partition coefficient (Wildman–Crippen LogP) is 3.59. The Morgan fingerprint density at radius 1 is 1.09 bits per heavy atom. The van der Waals surface area contributed by atoms with E-state index in [0.717, 1.165) is 32.5 Å². The second-order valence-electron chi connectivity index (χ2n) is 5.72. The lowest BCUT2D eigenvalue weighted by atomic mass is 10.0. The van der Waals surface area contributed by atoms with Gasteiger partial charge < -0.3 is 4.98 Å². The number of rotatable bonds is 3. The molecule has 1 aliphatic rings. The summed E-state index contributed by atoms with van der Waals surface area (Å²) in [6, 6.07) is 14.8. The third kappa shape index (κ3) is 2.87. The molecule has 0 radical (unpaired) electrons. The molecule has 1 aromatic carbocycles. The maximum atomic E-state index is 4.41. The number of hydrogen-bond acceptors (Lipinski definition) is 2. The number of nitrogens with zero attached hydrogens (tertiary/aromatic N) is 2. The molecule has 3 heterocycles. The molecule has 2 aromatic heterocycles. The number of nitrogens with one attached hydrogen (secondary N) is 1. The van der Waals surface area contributed by atoms with Crippen LogP contribution in [0.2, 0.25) is 0 Å². The van der Waals surface area contributed by atoms with E-state index in [9.17, 15) is 0 Å². The monoisotopic (exact) mass is 313 g/mol. The van der Waals surface area contributed by atoms with Gasteiger partial charge in [0.05, 0.1) is 0 Å². The lowest BCUT2D eigenvalue weighted by Gasteiger charge is -2.26. The van der Waals surface area contributed by atoms with Crippen molar-refractivity contribution < 1.29 is 0 Å². The predicted molar refractivity (Wildman–Crippen MR) is 92.5 cm³/mol. The number of halogens is 1. The van der Waals surface area contributed by atoms with Crippen molar-refractivity contribution in [2.75, 3.05) is 13.1 Å². The summed E-state index contributed by atoms with van der Waals surface area (Å²) in [7, 11) is 0. The van der Waals surface area contributed by atoms with E-state index in [1.54, 1.807) is 0 Å². The van der Waals surface area contributed by atoms with Crippen molar-refractivity contribution in [3.8, 4) is 0 Å². The molecule has 3 aromatic rings. The molecule has 0 amide bonds. The van der Waals surface area contributed by atoms with Crippen LogP contribution in [0, 0.1) is 0 Å². The number of hydrogen-bond donors (Lipinski definition) is 1. The number of H-pyrrole nitrogens is 1. The number of para-hydroxylation sites is 1. The van der Waals surface area contributed by atoms with Crippen LogP contribution in [-0.4, -0.2) is 28.0 Å². The highest BCUT2D eigenvalue weighted by Gasteiger charge is 2.20. The Labute approximate surface area is 136 Å². The molecule has 0 saturated heterocycles. The molecule has 0 saturated carbocycles. The van der Waals surface area contributed by atoms with Crippen LogP contribution in [0.3, 0.4) is 0 Å². The zero-order valence-corrected chi connectivity index (χ0v) is 13.3.